The number of anilines is 1. The summed E-state index contributed by atoms with van der Waals surface area (Å²) in [5.41, 5.74) is -0.753. The Kier molecular flexibility index (Phi) is 6.77. The van der Waals surface area contributed by atoms with Gasteiger partial charge in [-0.2, -0.15) is 0 Å². The molecule has 1 saturated carbocycles. The number of amides is 2. The van der Waals surface area contributed by atoms with Crippen molar-refractivity contribution in [3.8, 4) is 0 Å². The van der Waals surface area contributed by atoms with Crippen LogP contribution in [-0.2, 0) is 9.53 Å². The summed E-state index contributed by atoms with van der Waals surface area (Å²) in [6.45, 7) is 7.18. The number of hydrogen-bond donors (Lipinski definition) is 3. The van der Waals surface area contributed by atoms with E-state index < -0.39 is 35.0 Å². The van der Waals surface area contributed by atoms with Gasteiger partial charge in [-0.1, -0.05) is 50.5 Å². The normalized spacial score (nSPS) is 16.8. The fraction of sp³-hybridized carbons (Fsp3) is 0.480. The summed E-state index contributed by atoms with van der Waals surface area (Å²) < 4.78 is 5.34. The molecule has 3 N–H and O–H groups in total. The third-order valence-electron chi connectivity index (χ3n) is 5.98. The van der Waals surface area contributed by atoms with Crippen molar-refractivity contribution in [1.29, 1.82) is 0 Å². The van der Waals surface area contributed by atoms with Gasteiger partial charge in [0.15, 0.2) is 0 Å². The quantitative estimate of drug-likeness (QED) is 0.582. The first-order valence-corrected chi connectivity index (χ1v) is 11.0. The monoisotopic (exact) mass is 440 g/mol. The average Bonchev–Trinajstić information content (AvgIpc) is 2.70. The number of hydrogen-bond acceptors (Lipinski definition) is 4. The Morgan fingerprint density at radius 3 is 2.19 bits per heavy atom. The summed E-state index contributed by atoms with van der Waals surface area (Å²) in [7, 11) is 0. The predicted molar refractivity (Wildman–Crippen MR) is 124 cm³/mol. The van der Waals surface area contributed by atoms with E-state index in [0.717, 1.165) is 42.9 Å². The van der Waals surface area contributed by atoms with Gasteiger partial charge in [0, 0.05) is 0 Å². The van der Waals surface area contributed by atoms with Gasteiger partial charge in [-0.15, -0.1) is 0 Å². The lowest BCUT2D eigenvalue weighted by molar-refractivity contribution is -0.143. The molecule has 0 heterocycles. The number of carboxylic acids is 1. The predicted octanol–water partition coefficient (Wildman–Crippen LogP) is 5.34. The second-order valence-corrected chi connectivity index (χ2v) is 9.83. The molecule has 0 radical (unpaired) electrons. The largest absolute Gasteiger partial charge is 0.480 e. The Morgan fingerprint density at radius 1 is 1.03 bits per heavy atom. The molecule has 32 heavy (non-hydrogen) atoms. The van der Waals surface area contributed by atoms with Crippen LogP contribution >= 0.6 is 0 Å². The molecular weight excluding hydrogens is 408 g/mol. The van der Waals surface area contributed by atoms with Crippen molar-refractivity contribution in [3.63, 3.8) is 0 Å². The Morgan fingerprint density at radius 2 is 1.62 bits per heavy atom. The van der Waals surface area contributed by atoms with E-state index in [4.69, 9.17) is 4.74 Å². The average molecular weight is 441 g/mol. The minimum atomic E-state index is -1.05. The number of rotatable bonds is 5. The highest BCUT2D eigenvalue weighted by Gasteiger charge is 2.41. The maximum Gasteiger partial charge on any atom is 0.412 e. The molecule has 1 atom stereocenters. The molecule has 2 aromatic carbocycles. The smallest absolute Gasteiger partial charge is 0.412 e. The van der Waals surface area contributed by atoms with Crippen molar-refractivity contribution < 1.29 is 24.2 Å². The van der Waals surface area contributed by atoms with Gasteiger partial charge in [0.05, 0.1) is 11.3 Å². The zero-order valence-corrected chi connectivity index (χ0v) is 19.2. The van der Waals surface area contributed by atoms with Crippen molar-refractivity contribution in [2.45, 2.75) is 71.4 Å². The standard InChI is InChI=1S/C25H32N2O5/c1-24(2,3)32-23(31)26-19-15-17-11-7-6-10-16(17)14-18(19)21(28)27-20(22(29)30)25(4)12-8-5-9-13-25/h6-7,10-11,14-15,20H,5,8-9,12-13H2,1-4H3,(H,26,31)(H,27,28)(H,29,30)/t20-/m1/s1. The van der Waals surface area contributed by atoms with Crippen LogP contribution in [0.25, 0.3) is 10.8 Å². The lowest BCUT2D eigenvalue weighted by atomic mass is 9.70. The Balaban J connectivity index is 1.95. The van der Waals surface area contributed by atoms with Gasteiger partial charge < -0.3 is 15.2 Å². The first-order chi connectivity index (χ1) is 15.0. The fourth-order valence-corrected chi connectivity index (χ4v) is 4.34. The van der Waals surface area contributed by atoms with Gasteiger partial charge in [0.2, 0.25) is 0 Å². The van der Waals surface area contributed by atoms with Gasteiger partial charge >= 0.3 is 12.1 Å². The van der Waals surface area contributed by atoms with Crippen molar-refractivity contribution >= 4 is 34.4 Å². The second kappa shape index (κ2) is 9.18. The van der Waals surface area contributed by atoms with Crippen LogP contribution in [0.15, 0.2) is 36.4 Å². The van der Waals surface area contributed by atoms with Crippen molar-refractivity contribution in [2.24, 2.45) is 5.41 Å². The number of carbonyl (C=O) groups is 3. The second-order valence-electron chi connectivity index (χ2n) is 9.83. The Hall–Kier alpha value is -3.09. The first-order valence-electron chi connectivity index (χ1n) is 11.0. The molecule has 7 heteroatoms. The van der Waals surface area contributed by atoms with E-state index in [1.165, 1.54) is 0 Å². The minimum Gasteiger partial charge on any atom is -0.480 e. The molecule has 1 aliphatic carbocycles. The number of nitrogens with one attached hydrogen (secondary N) is 2. The van der Waals surface area contributed by atoms with E-state index in [1.807, 2.05) is 31.2 Å². The Labute approximate surface area is 188 Å². The molecule has 0 spiro atoms. The number of carbonyl (C=O) groups excluding carboxylic acids is 2. The molecule has 0 aliphatic heterocycles. The zero-order valence-electron chi connectivity index (χ0n) is 19.2. The highest BCUT2D eigenvalue weighted by molar-refractivity contribution is 6.07. The highest BCUT2D eigenvalue weighted by atomic mass is 16.6. The lowest BCUT2D eigenvalue weighted by Crippen LogP contribution is -2.52. The summed E-state index contributed by atoms with van der Waals surface area (Å²) in [4.78, 5) is 37.8. The van der Waals surface area contributed by atoms with Crippen molar-refractivity contribution in [1.82, 2.24) is 5.32 Å². The molecule has 1 fully saturated rings. The first kappa shape index (κ1) is 23.6. The summed E-state index contributed by atoms with van der Waals surface area (Å²) in [6.07, 6.45) is 3.76. The Bertz CT molecular complexity index is 1020. The number of fused-ring (bicyclic) bond motifs is 1. The summed E-state index contributed by atoms with van der Waals surface area (Å²) >= 11 is 0. The molecule has 0 aromatic heterocycles. The van der Waals surface area contributed by atoms with Crippen LogP contribution in [0, 0.1) is 5.41 Å². The minimum absolute atomic E-state index is 0.195. The van der Waals surface area contributed by atoms with Gasteiger partial charge in [-0.05, 0) is 61.9 Å². The van der Waals surface area contributed by atoms with Crippen LogP contribution < -0.4 is 10.6 Å². The summed E-state index contributed by atoms with van der Waals surface area (Å²) in [6, 6.07) is 9.81. The van der Waals surface area contributed by atoms with Crippen LogP contribution in [0.5, 0.6) is 0 Å². The SMILES string of the molecule is CC(C)(C)OC(=O)Nc1cc2ccccc2cc1C(=O)N[C@H](C(=O)O)C1(C)CCCCC1. The fourth-order valence-electron chi connectivity index (χ4n) is 4.34. The van der Waals surface area contributed by atoms with Gasteiger partial charge in [-0.3, -0.25) is 10.1 Å². The molecule has 0 saturated heterocycles. The van der Waals surface area contributed by atoms with Gasteiger partial charge in [0.1, 0.15) is 11.6 Å². The van der Waals surface area contributed by atoms with Crippen molar-refractivity contribution in [2.75, 3.05) is 5.32 Å². The van der Waals surface area contributed by atoms with Gasteiger partial charge in [0.25, 0.3) is 5.91 Å². The van der Waals surface area contributed by atoms with Crippen LogP contribution in [-0.4, -0.2) is 34.7 Å². The number of ether oxygens (including phenoxy) is 1. The molecule has 172 valence electrons. The van der Waals surface area contributed by atoms with Crippen LogP contribution in [0.1, 0.15) is 70.2 Å². The van der Waals surface area contributed by atoms with Crippen LogP contribution in [0.2, 0.25) is 0 Å². The molecular formula is C25H32N2O5. The van der Waals surface area contributed by atoms with Crippen LogP contribution in [0.3, 0.4) is 0 Å². The van der Waals surface area contributed by atoms with E-state index in [2.05, 4.69) is 10.6 Å². The molecule has 3 rings (SSSR count). The maximum absolute atomic E-state index is 13.3. The van der Waals surface area contributed by atoms with Crippen LogP contribution in [0.4, 0.5) is 10.5 Å². The molecule has 0 bridgehead atoms. The highest BCUT2D eigenvalue weighted by Crippen LogP contribution is 2.39. The zero-order chi connectivity index (χ0) is 23.5. The van der Waals surface area contributed by atoms with E-state index in [0.29, 0.717) is 0 Å². The lowest BCUT2D eigenvalue weighted by Gasteiger charge is -2.38. The van der Waals surface area contributed by atoms with E-state index in [9.17, 15) is 19.5 Å². The number of benzene rings is 2. The number of carboxylic acid groups (broad SMARTS) is 1. The van der Waals surface area contributed by atoms with Crippen molar-refractivity contribution in [3.05, 3.63) is 42.0 Å². The topological polar surface area (TPSA) is 105 Å². The molecule has 0 unspecified atom stereocenters. The maximum atomic E-state index is 13.3. The van der Waals surface area contributed by atoms with E-state index >= 15 is 0 Å². The summed E-state index contributed by atoms with van der Waals surface area (Å²) in [5, 5.41) is 16.9. The third kappa shape index (κ3) is 5.58. The third-order valence-corrected chi connectivity index (χ3v) is 5.98. The van der Waals surface area contributed by atoms with Gasteiger partial charge in [-0.25, -0.2) is 9.59 Å². The van der Waals surface area contributed by atoms with E-state index in [-0.39, 0.29) is 11.3 Å². The summed E-state index contributed by atoms with van der Waals surface area (Å²) in [5.74, 6) is -1.59. The molecule has 1 aliphatic rings. The molecule has 7 nitrogen and oxygen atoms in total. The molecule has 2 amide bonds. The number of aliphatic carboxylic acids is 1. The van der Waals surface area contributed by atoms with E-state index in [1.54, 1.807) is 32.9 Å². The molecule has 2 aromatic rings.